The molecule has 0 fully saturated rings. The van der Waals surface area contributed by atoms with Crippen molar-refractivity contribution in [2.75, 3.05) is 0 Å². The maximum atomic E-state index is 13.7. The van der Waals surface area contributed by atoms with Crippen LogP contribution in [0, 0.1) is 12.7 Å². The molecule has 106 valence electrons. The third kappa shape index (κ3) is 3.54. The number of rotatable bonds is 5. The summed E-state index contributed by atoms with van der Waals surface area (Å²) in [5.74, 6) is 0.0309. The Bertz CT molecular complexity index is 599. The van der Waals surface area contributed by atoms with Crippen molar-refractivity contribution in [2.45, 2.75) is 33.3 Å². The molecule has 0 radical (unpaired) electrons. The van der Waals surface area contributed by atoms with Gasteiger partial charge in [-0.05, 0) is 42.7 Å². The molecule has 0 aliphatic heterocycles. The minimum absolute atomic E-state index is 0.0914. The highest BCUT2D eigenvalue weighted by Crippen LogP contribution is 2.25. The number of pyridine rings is 1. The van der Waals surface area contributed by atoms with Crippen LogP contribution in [-0.2, 0) is 13.0 Å². The molecule has 0 amide bonds. The highest BCUT2D eigenvalue weighted by atomic mass is 19.1. The molecule has 20 heavy (non-hydrogen) atoms. The van der Waals surface area contributed by atoms with Crippen LogP contribution in [0.3, 0.4) is 0 Å². The number of aromatic nitrogens is 1. The molecule has 0 bridgehead atoms. The predicted molar refractivity (Wildman–Crippen MR) is 75.4 cm³/mol. The number of aliphatic hydroxyl groups excluding tert-OH is 1. The van der Waals surface area contributed by atoms with Gasteiger partial charge in [-0.1, -0.05) is 19.4 Å². The molecule has 1 aromatic heterocycles. The van der Waals surface area contributed by atoms with E-state index < -0.39 is 5.82 Å². The van der Waals surface area contributed by atoms with E-state index >= 15 is 0 Å². The van der Waals surface area contributed by atoms with Crippen molar-refractivity contribution in [1.29, 1.82) is 0 Å². The van der Waals surface area contributed by atoms with E-state index in [0.717, 1.165) is 24.1 Å². The van der Waals surface area contributed by atoms with Gasteiger partial charge in [0.25, 0.3) is 0 Å². The maximum Gasteiger partial charge on any atom is 0.219 e. The molecule has 2 rings (SSSR count). The standard InChI is InChI=1S/C16H18FNO2/c1-3-4-13-8-12(10-19)9-16(18-13)20-15-7-11(2)5-6-14(15)17/h5-9,19H,3-4,10H2,1-2H3. The second-order valence-electron chi connectivity index (χ2n) is 4.75. The summed E-state index contributed by atoms with van der Waals surface area (Å²) in [6.07, 6.45) is 1.74. The summed E-state index contributed by atoms with van der Waals surface area (Å²) in [5, 5.41) is 9.26. The quantitative estimate of drug-likeness (QED) is 0.903. The van der Waals surface area contributed by atoms with Crippen molar-refractivity contribution in [1.82, 2.24) is 4.98 Å². The van der Waals surface area contributed by atoms with Crippen LogP contribution in [0.15, 0.2) is 30.3 Å². The normalized spacial score (nSPS) is 10.6. The Morgan fingerprint density at radius 1 is 1.25 bits per heavy atom. The van der Waals surface area contributed by atoms with E-state index in [1.165, 1.54) is 6.07 Å². The highest BCUT2D eigenvalue weighted by molar-refractivity contribution is 5.34. The molecule has 1 N–H and O–H groups in total. The van der Waals surface area contributed by atoms with Gasteiger partial charge >= 0.3 is 0 Å². The smallest absolute Gasteiger partial charge is 0.219 e. The Balaban J connectivity index is 2.32. The minimum Gasteiger partial charge on any atom is -0.436 e. The topological polar surface area (TPSA) is 42.4 Å². The summed E-state index contributed by atoms with van der Waals surface area (Å²) in [6, 6.07) is 8.14. The average Bonchev–Trinajstić information content (AvgIpc) is 2.43. The molecule has 0 spiro atoms. The van der Waals surface area contributed by atoms with E-state index in [1.54, 1.807) is 18.2 Å². The molecule has 0 aliphatic carbocycles. The van der Waals surface area contributed by atoms with Gasteiger partial charge in [0.2, 0.25) is 5.88 Å². The van der Waals surface area contributed by atoms with Gasteiger partial charge in [-0.15, -0.1) is 0 Å². The van der Waals surface area contributed by atoms with E-state index in [9.17, 15) is 9.50 Å². The Morgan fingerprint density at radius 3 is 2.75 bits per heavy atom. The number of aliphatic hydroxyl groups is 1. The van der Waals surface area contributed by atoms with E-state index in [1.807, 2.05) is 19.9 Å². The molecule has 0 aliphatic rings. The summed E-state index contributed by atoms with van der Waals surface area (Å²) >= 11 is 0. The lowest BCUT2D eigenvalue weighted by Gasteiger charge is -2.10. The number of halogens is 1. The van der Waals surface area contributed by atoms with Gasteiger partial charge in [-0.3, -0.25) is 0 Å². The molecule has 0 atom stereocenters. The fourth-order valence-corrected chi connectivity index (χ4v) is 1.95. The van der Waals surface area contributed by atoms with E-state index in [0.29, 0.717) is 11.4 Å². The lowest BCUT2D eigenvalue weighted by molar-refractivity contribution is 0.280. The Hall–Kier alpha value is -1.94. The number of ether oxygens (including phenoxy) is 1. The first-order valence-corrected chi connectivity index (χ1v) is 6.67. The minimum atomic E-state index is -0.427. The fraction of sp³-hybridized carbons (Fsp3) is 0.312. The van der Waals surface area contributed by atoms with Gasteiger partial charge in [0.05, 0.1) is 6.61 Å². The first-order chi connectivity index (χ1) is 9.62. The van der Waals surface area contributed by atoms with Crippen LogP contribution in [-0.4, -0.2) is 10.1 Å². The first kappa shape index (κ1) is 14.5. The van der Waals surface area contributed by atoms with Gasteiger partial charge in [0, 0.05) is 11.8 Å². The van der Waals surface area contributed by atoms with Crippen LogP contribution in [0.5, 0.6) is 11.6 Å². The molecular formula is C16H18FNO2. The van der Waals surface area contributed by atoms with Gasteiger partial charge < -0.3 is 9.84 Å². The third-order valence-corrected chi connectivity index (χ3v) is 2.90. The number of hydrogen-bond acceptors (Lipinski definition) is 3. The number of nitrogens with zero attached hydrogens (tertiary/aromatic N) is 1. The van der Waals surface area contributed by atoms with Gasteiger partial charge in [0.1, 0.15) is 0 Å². The zero-order valence-corrected chi connectivity index (χ0v) is 11.7. The second-order valence-corrected chi connectivity index (χ2v) is 4.75. The SMILES string of the molecule is CCCc1cc(CO)cc(Oc2cc(C)ccc2F)n1. The number of benzene rings is 1. The van der Waals surface area contributed by atoms with E-state index in [4.69, 9.17) is 4.74 Å². The summed E-state index contributed by atoms with van der Waals surface area (Å²) < 4.78 is 19.2. The van der Waals surface area contributed by atoms with Gasteiger partial charge in [-0.25, -0.2) is 9.37 Å². The molecule has 3 nitrogen and oxygen atoms in total. The Labute approximate surface area is 118 Å². The van der Waals surface area contributed by atoms with Crippen LogP contribution >= 0.6 is 0 Å². The van der Waals surface area contributed by atoms with Crippen molar-refractivity contribution in [2.24, 2.45) is 0 Å². The van der Waals surface area contributed by atoms with Crippen molar-refractivity contribution in [3.05, 3.63) is 53.0 Å². The third-order valence-electron chi connectivity index (χ3n) is 2.90. The molecule has 0 saturated carbocycles. The molecule has 0 saturated heterocycles. The Morgan fingerprint density at radius 2 is 2.05 bits per heavy atom. The number of aryl methyl sites for hydroxylation is 2. The second kappa shape index (κ2) is 6.48. The van der Waals surface area contributed by atoms with Crippen molar-refractivity contribution >= 4 is 0 Å². The maximum absolute atomic E-state index is 13.7. The zero-order chi connectivity index (χ0) is 14.5. The Kier molecular flexibility index (Phi) is 4.69. The first-order valence-electron chi connectivity index (χ1n) is 6.67. The van der Waals surface area contributed by atoms with Crippen molar-refractivity contribution in [3.63, 3.8) is 0 Å². The average molecular weight is 275 g/mol. The lowest BCUT2D eigenvalue weighted by atomic mass is 10.2. The number of hydrogen-bond donors (Lipinski definition) is 1. The molecule has 1 heterocycles. The van der Waals surface area contributed by atoms with Crippen LogP contribution in [0.4, 0.5) is 4.39 Å². The molecule has 1 aromatic carbocycles. The predicted octanol–water partition coefficient (Wildman–Crippen LogP) is 3.77. The largest absolute Gasteiger partial charge is 0.436 e. The van der Waals surface area contributed by atoms with Crippen LogP contribution in [0.2, 0.25) is 0 Å². The van der Waals surface area contributed by atoms with Crippen LogP contribution < -0.4 is 4.74 Å². The lowest BCUT2D eigenvalue weighted by Crippen LogP contribution is -1.98. The summed E-state index contributed by atoms with van der Waals surface area (Å²) in [4.78, 5) is 4.34. The molecule has 4 heteroatoms. The summed E-state index contributed by atoms with van der Waals surface area (Å²) in [5.41, 5.74) is 2.46. The van der Waals surface area contributed by atoms with Crippen LogP contribution in [0.25, 0.3) is 0 Å². The summed E-state index contributed by atoms with van der Waals surface area (Å²) in [7, 11) is 0. The van der Waals surface area contributed by atoms with Crippen LogP contribution in [0.1, 0.15) is 30.2 Å². The van der Waals surface area contributed by atoms with E-state index in [-0.39, 0.29) is 12.4 Å². The monoisotopic (exact) mass is 275 g/mol. The zero-order valence-electron chi connectivity index (χ0n) is 11.7. The van der Waals surface area contributed by atoms with E-state index in [2.05, 4.69) is 4.98 Å². The molecule has 2 aromatic rings. The highest BCUT2D eigenvalue weighted by Gasteiger charge is 2.08. The molecular weight excluding hydrogens is 257 g/mol. The van der Waals surface area contributed by atoms with Crippen molar-refractivity contribution in [3.8, 4) is 11.6 Å². The van der Waals surface area contributed by atoms with Crippen molar-refractivity contribution < 1.29 is 14.2 Å². The van der Waals surface area contributed by atoms with Gasteiger partial charge in [0.15, 0.2) is 11.6 Å². The fourth-order valence-electron chi connectivity index (χ4n) is 1.95. The van der Waals surface area contributed by atoms with Gasteiger partial charge in [-0.2, -0.15) is 0 Å². The molecule has 0 unspecified atom stereocenters. The summed E-state index contributed by atoms with van der Waals surface area (Å²) in [6.45, 7) is 3.83.